The molecule has 1 aliphatic carbocycles. The highest BCUT2D eigenvalue weighted by molar-refractivity contribution is 9.10. The Bertz CT molecular complexity index is 563. The van der Waals surface area contributed by atoms with Gasteiger partial charge in [-0.2, -0.15) is 0 Å². The second-order valence-corrected chi connectivity index (χ2v) is 9.50. The van der Waals surface area contributed by atoms with Gasteiger partial charge in [0.15, 0.2) is 0 Å². The summed E-state index contributed by atoms with van der Waals surface area (Å²) in [5.41, 5.74) is 1.13. The fourth-order valence-corrected chi connectivity index (χ4v) is 5.38. The summed E-state index contributed by atoms with van der Waals surface area (Å²) in [5.74, 6) is 1.54. The molecule has 152 valence electrons. The van der Waals surface area contributed by atoms with E-state index in [0.29, 0.717) is 5.92 Å². The Hall–Kier alpha value is -0.450. The van der Waals surface area contributed by atoms with Crippen LogP contribution in [0.3, 0.4) is 0 Å². The lowest BCUT2D eigenvalue weighted by atomic mass is 9.83. The lowest BCUT2D eigenvalue weighted by Crippen LogP contribution is -2.35. The van der Waals surface area contributed by atoms with Gasteiger partial charge in [0.2, 0.25) is 0 Å². The Kier molecular flexibility index (Phi) is 8.60. The summed E-state index contributed by atoms with van der Waals surface area (Å²) in [5, 5.41) is 3.61. The van der Waals surface area contributed by atoms with E-state index >= 15 is 0 Å². The van der Waals surface area contributed by atoms with Crippen molar-refractivity contribution in [2.75, 3.05) is 26.2 Å². The molecule has 1 aromatic carbocycles. The molecule has 2 aliphatic rings. The summed E-state index contributed by atoms with van der Waals surface area (Å²) < 4.78 is 14.5. The van der Waals surface area contributed by atoms with E-state index in [1.807, 2.05) is 6.07 Å². The Labute approximate surface area is 173 Å². The van der Waals surface area contributed by atoms with Crippen LogP contribution in [0.4, 0.5) is 4.39 Å². The minimum atomic E-state index is -0.120. The molecule has 1 aliphatic heterocycles. The predicted octanol–water partition coefficient (Wildman–Crippen LogP) is 5.79. The molecule has 2 fully saturated rings. The van der Waals surface area contributed by atoms with Crippen molar-refractivity contribution in [3.63, 3.8) is 0 Å². The zero-order valence-corrected chi connectivity index (χ0v) is 18.4. The molecule has 0 atom stereocenters. The monoisotopic (exact) mass is 438 g/mol. The number of piperidine rings is 1. The van der Waals surface area contributed by atoms with E-state index < -0.39 is 0 Å². The summed E-state index contributed by atoms with van der Waals surface area (Å²) in [7, 11) is 0. The average Bonchev–Trinajstić information content (AvgIpc) is 2.68. The molecule has 4 heteroatoms. The second-order valence-electron chi connectivity index (χ2n) is 8.64. The van der Waals surface area contributed by atoms with Crippen molar-refractivity contribution < 1.29 is 4.39 Å². The topological polar surface area (TPSA) is 15.3 Å². The summed E-state index contributed by atoms with van der Waals surface area (Å²) in [6, 6.07) is 5.85. The summed E-state index contributed by atoms with van der Waals surface area (Å²) in [6.07, 6.45) is 11.9. The second kappa shape index (κ2) is 10.9. The lowest BCUT2D eigenvalue weighted by molar-refractivity contribution is 0.174. The van der Waals surface area contributed by atoms with Gasteiger partial charge in [-0.1, -0.05) is 22.9 Å². The maximum absolute atomic E-state index is 13.5. The molecule has 27 heavy (non-hydrogen) atoms. The number of nitrogens with zero attached hydrogens (tertiary/aromatic N) is 1. The van der Waals surface area contributed by atoms with Gasteiger partial charge < -0.3 is 10.2 Å². The molecule has 0 bridgehead atoms. The van der Waals surface area contributed by atoms with Crippen LogP contribution >= 0.6 is 15.9 Å². The van der Waals surface area contributed by atoms with E-state index in [9.17, 15) is 4.39 Å². The third-order valence-electron chi connectivity index (χ3n) is 6.65. The first kappa shape index (κ1) is 21.3. The van der Waals surface area contributed by atoms with Gasteiger partial charge in [0, 0.05) is 10.5 Å². The van der Waals surface area contributed by atoms with Gasteiger partial charge >= 0.3 is 0 Å². The van der Waals surface area contributed by atoms with Gasteiger partial charge in [-0.3, -0.25) is 0 Å². The van der Waals surface area contributed by atoms with E-state index in [2.05, 4.69) is 33.1 Å². The van der Waals surface area contributed by atoms with Crippen LogP contribution in [-0.4, -0.2) is 37.1 Å². The number of hydrogen-bond acceptors (Lipinski definition) is 2. The van der Waals surface area contributed by atoms with Crippen molar-refractivity contribution in [1.82, 2.24) is 10.2 Å². The van der Waals surface area contributed by atoms with Gasteiger partial charge in [-0.15, -0.1) is 0 Å². The molecule has 3 rings (SSSR count). The minimum absolute atomic E-state index is 0.120. The molecule has 0 spiro atoms. The number of likely N-dealkylation sites (tertiary alicyclic amines) is 1. The van der Waals surface area contributed by atoms with E-state index in [1.54, 1.807) is 6.07 Å². The molecular formula is C23H36BrFN2. The van der Waals surface area contributed by atoms with Crippen molar-refractivity contribution in [3.8, 4) is 0 Å². The molecule has 1 N–H and O–H groups in total. The fraction of sp³-hybridized carbons (Fsp3) is 0.739. The van der Waals surface area contributed by atoms with Crippen molar-refractivity contribution >= 4 is 15.9 Å². The van der Waals surface area contributed by atoms with Gasteiger partial charge in [-0.05, 0) is 120 Å². The van der Waals surface area contributed by atoms with Gasteiger partial charge in [0.1, 0.15) is 5.82 Å². The first-order valence-electron chi connectivity index (χ1n) is 11.0. The molecular weight excluding hydrogens is 403 g/mol. The van der Waals surface area contributed by atoms with Crippen LogP contribution in [0, 0.1) is 17.7 Å². The first-order valence-corrected chi connectivity index (χ1v) is 11.8. The minimum Gasteiger partial charge on any atom is -0.314 e. The maximum atomic E-state index is 13.5. The quantitative estimate of drug-likeness (QED) is 0.552. The van der Waals surface area contributed by atoms with Crippen LogP contribution in [0.15, 0.2) is 22.7 Å². The Morgan fingerprint density at radius 3 is 2.52 bits per heavy atom. The van der Waals surface area contributed by atoms with Crippen LogP contribution in [0.2, 0.25) is 0 Å². The fourth-order valence-electron chi connectivity index (χ4n) is 4.97. The molecule has 0 aromatic heterocycles. The van der Waals surface area contributed by atoms with E-state index in [4.69, 9.17) is 0 Å². The van der Waals surface area contributed by atoms with Gasteiger partial charge in [-0.25, -0.2) is 4.39 Å². The SMILES string of the molecule is CCNC1CCC(CCCN2CCC(Cc3cc(F)ccc3Br)CC2)CC1. The standard InChI is InChI=1S/C23H36BrFN2/c1-2-26-22-8-5-18(6-9-22)4-3-13-27-14-11-19(12-15-27)16-20-17-21(25)7-10-23(20)24/h7,10,17-19,22,26H,2-6,8-9,11-16H2,1H3. The summed E-state index contributed by atoms with van der Waals surface area (Å²) in [4.78, 5) is 2.65. The van der Waals surface area contributed by atoms with E-state index in [1.165, 1.54) is 77.1 Å². The molecule has 2 nitrogen and oxygen atoms in total. The highest BCUT2D eigenvalue weighted by Crippen LogP contribution is 2.29. The smallest absolute Gasteiger partial charge is 0.123 e. The number of rotatable bonds is 8. The average molecular weight is 439 g/mol. The van der Waals surface area contributed by atoms with Crippen LogP contribution in [0.1, 0.15) is 63.9 Å². The Morgan fingerprint density at radius 1 is 1.07 bits per heavy atom. The van der Waals surface area contributed by atoms with Crippen LogP contribution in [-0.2, 0) is 6.42 Å². The predicted molar refractivity (Wildman–Crippen MR) is 116 cm³/mol. The third kappa shape index (κ3) is 6.83. The van der Waals surface area contributed by atoms with Crippen molar-refractivity contribution in [2.24, 2.45) is 11.8 Å². The zero-order chi connectivity index (χ0) is 19.1. The molecule has 0 unspecified atom stereocenters. The van der Waals surface area contributed by atoms with E-state index in [0.717, 1.165) is 35.0 Å². The molecule has 1 saturated carbocycles. The molecule has 0 amide bonds. The van der Waals surface area contributed by atoms with Crippen molar-refractivity contribution in [1.29, 1.82) is 0 Å². The number of nitrogens with one attached hydrogen (secondary N) is 1. The molecule has 0 radical (unpaired) electrons. The van der Waals surface area contributed by atoms with E-state index in [-0.39, 0.29) is 5.82 Å². The largest absolute Gasteiger partial charge is 0.314 e. The normalized spacial score (nSPS) is 25.0. The van der Waals surface area contributed by atoms with Crippen molar-refractivity contribution in [2.45, 2.75) is 70.8 Å². The summed E-state index contributed by atoms with van der Waals surface area (Å²) >= 11 is 3.57. The number of benzene rings is 1. The lowest BCUT2D eigenvalue weighted by Gasteiger charge is -2.33. The summed E-state index contributed by atoms with van der Waals surface area (Å²) in [6.45, 7) is 7.02. The molecule has 1 heterocycles. The maximum Gasteiger partial charge on any atom is 0.123 e. The number of hydrogen-bond donors (Lipinski definition) is 1. The third-order valence-corrected chi connectivity index (χ3v) is 7.42. The van der Waals surface area contributed by atoms with Gasteiger partial charge in [0.05, 0.1) is 0 Å². The van der Waals surface area contributed by atoms with Crippen LogP contribution in [0.25, 0.3) is 0 Å². The molecule has 1 saturated heterocycles. The number of halogens is 2. The Morgan fingerprint density at radius 2 is 1.81 bits per heavy atom. The molecule has 1 aromatic rings. The zero-order valence-electron chi connectivity index (χ0n) is 16.9. The Balaban J connectivity index is 1.30. The van der Waals surface area contributed by atoms with Crippen LogP contribution < -0.4 is 5.32 Å². The van der Waals surface area contributed by atoms with Gasteiger partial charge in [0.25, 0.3) is 0 Å². The highest BCUT2D eigenvalue weighted by atomic mass is 79.9. The highest BCUT2D eigenvalue weighted by Gasteiger charge is 2.22. The van der Waals surface area contributed by atoms with Crippen molar-refractivity contribution in [3.05, 3.63) is 34.1 Å². The van der Waals surface area contributed by atoms with Crippen LogP contribution in [0.5, 0.6) is 0 Å². The first-order chi connectivity index (χ1) is 13.1.